The highest BCUT2D eigenvalue weighted by molar-refractivity contribution is 5.80. The van der Waals surface area contributed by atoms with Gasteiger partial charge in [-0.15, -0.1) is 0 Å². The van der Waals surface area contributed by atoms with Crippen LogP contribution < -0.4 is 0 Å². The molecule has 68 valence electrons. The summed E-state index contributed by atoms with van der Waals surface area (Å²) in [7, 11) is 1.89. The molecule has 1 N–H and O–H groups in total. The van der Waals surface area contributed by atoms with Gasteiger partial charge >= 0.3 is 0 Å². The number of aromatic nitrogens is 1. The van der Waals surface area contributed by atoms with Crippen molar-refractivity contribution < 1.29 is 9.50 Å². The molecule has 0 aliphatic carbocycles. The lowest BCUT2D eigenvalue weighted by Gasteiger charge is -2.01. The van der Waals surface area contributed by atoms with Gasteiger partial charge in [-0.25, -0.2) is 4.39 Å². The van der Waals surface area contributed by atoms with Crippen LogP contribution in [0.15, 0.2) is 24.4 Å². The summed E-state index contributed by atoms with van der Waals surface area (Å²) in [5.41, 5.74) is 1.28. The van der Waals surface area contributed by atoms with Crippen LogP contribution in [0.5, 0.6) is 0 Å². The summed E-state index contributed by atoms with van der Waals surface area (Å²) >= 11 is 0. The van der Waals surface area contributed by atoms with E-state index in [1.807, 2.05) is 23.9 Å². The highest BCUT2D eigenvalue weighted by Crippen LogP contribution is 2.19. The lowest BCUT2D eigenvalue weighted by Crippen LogP contribution is -1.91. The quantitative estimate of drug-likeness (QED) is 0.709. The van der Waals surface area contributed by atoms with Gasteiger partial charge in [-0.1, -0.05) is 0 Å². The van der Waals surface area contributed by atoms with Gasteiger partial charge in [-0.2, -0.15) is 0 Å². The Morgan fingerprint density at radius 1 is 1.46 bits per heavy atom. The Morgan fingerprint density at radius 2 is 2.23 bits per heavy atom. The van der Waals surface area contributed by atoms with E-state index in [-0.39, 0.29) is 12.4 Å². The van der Waals surface area contributed by atoms with Crippen molar-refractivity contribution in [2.75, 3.05) is 0 Å². The van der Waals surface area contributed by atoms with Crippen molar-refractivity contribution in [2.45, 2.75) is 6.61 Å². The Labute approximate surface area is 75.2 Å². The molecule has 0 radical (unpaired) electrons. The lowest BCUT2D eigenvalue weighted by atomic mass is 10.1. The second-order valence-corrected chi connectivity index (χ2v) is 3.09. The van der Waals surface area contributed by atoms with Gasteiger partial charge < -0.3 is 9.67 Å². The molecule has 1 heterocycles. The molecule has 0 fully saturated rings. The monoisotopic (exact) mass is 179 g/mol. The highest BCUT2D eigenvalue weighted by atomic mass is 19.1. The van der Waals surface area contributed by atoms with Crippen molar-refractivity contribution in [3.8, 4) is 0 Å². The maximum Gasteiger partial charge on any atom is 0.129 e. The maximum atomic E-state index is 13.2. The summed E-state index contributed by atoms with van der Waals surface area (Å²) in [4.78, 5) is 0. The van der Waals surface area contributed by atoms with Crippen LogP contribution in [0.1, 0.15) is 5.56 Å². The number of aryl methyl sites for hydroxylation is 1. The largest absolute Gasteiger partial charge is 0.392 e. The number of hydrogen-bond acceptors (Lipinski definition) is 1. The number of nitrogens with zero attached hydrogens (tertiary/aromatic N) is 1. The van der Waals surface area contributed by atoms with Crippen LogP contribution in [0.2, 0.25) is 0 Å². The number of aliphatic hydroxyl groups is 1. The first-order chi connectivity index (χ1) is 6.22. The van der Waals surface area contributed by atoms with Crippen molar-refractivity contribution in [1.82, 2.24) is 4.57 Å². The van der Waals surface area contributed by atoms with Gasteiger partial charge in [-0.05, 0) is 18.2 Å². The lowest BCUT2D eigenvalue weighted by molar-refractivity contribution is 0.276. The van der Waals surface area contributed by atoms with Gasteiger partial charge in [0.25, 0.3) is 0 Å². The zero-order chi connectivity index (χ0) is 9.42. The van der Waals surface area contributed by atoms with Gasteiger partial charge in [0.05, 0.1) is 6.61 Å². The first kappa shape index (κ1) is 8.26. The predicted octanol–water partition coefficient (Wildman–Crippen LogP) is 1.81. The zero-order valence-electron chi connectivity index (χ0n) is 7.29. The fourth-order valence-corrected chi connectivity index (χ4v) is 1.45. The molecular weight excluding hydrogens is 169 g/mol. The van der Waals surface area contributed by atoms with E-state index in [0.717, 1.165) is 10.9 Å². The topological polar surface area (TPSA) is 25.2 Å². The van der Waals surface area contributed by atoms with Gasteiger partial charge in [0.1, 0.15) is 5.82 Å². The molecule has 3 heteroatoms. The van der Waals surface area contributed by atoms with Gasteiger partial charge in [0.15, 0.2) is 0 Å². The van der Waals surface area contributed by atoms with E-state index < -0.39 is 0 Å². The molecular formula is C10H10FNO. The second kappa shape index (κ2) is 2.85. The molecule has 0 aliphatic rings. The Morgan fingerprint density at radius 3 is 2.92 bits per heavy atom. The highest BCUT2D eigenvalue weighted by Gasteiger charge is 2.05. The number of benzene rings is 1. The molecule has 0 saturated heterocycles. The van der Waals surface area contributed by atoms with Crippen molar-refractivity contribution in [3.05, 3.63) is 35.8 Å². The van der Waals surface area contributed by atoms with Crippen LogP contribution in [-0.4, -0.2) is 9.67 Å². The summed E-state index contributed by atoms with van der Waals surface area (Å²) in [6.45, 7) is -0.257. The van der Waals surface area contributed by atoms with E-state index in [1.165, 1.54) is 6.07 Å². The Kier molecular flexibility index (Phi) is 1.81. The first-order valence-corrected chi connectivity index (χ1v) is 4.06. The van der Waals surface area contributed by atoms with Crippen LogP contribution in [0.4, 0.5) is 4.39 Å². The van der Waals surface area contributed by atoms with E-state index in [2.05, 4.69) is 0 Å². The summed E-state index contributed by atoms with van der Waals surface area (Å²) < 4.78 is 15.1. The number of hydrogen-bond donors (Lipinski definition) is 1. The second-order valence-electron chi connectivity index (χ2n) is 3.09. The molecule has 0 amide bonds. The van der Waals surface area contributed by atoms with Crippen LogP contribution in [-0.2, 0) is 13.7 Å². The molecule has 0 aliphatic heterocycles. The van der Waals surface area contributed by atoms with E-state index >= 15 is 0 Å². The van der Waals surface area contributed by atoms with Crippen molar-refractivity contribution >= 4 is 10.9 Å². The van der Waals surface area contributed by atoms with E-state index in [9.17, 15) is 4.39 Å². The van der Waals surface area contributed by atoms with Crippen molar-refractivity contribution in [2.24, 2.45) is 7.05 Å². The molecule has 2 aromatic rings. The average molecular weight is 179 g/mol. The number of halogens is 1. The molecule has 0 spiro atoms. The van der Waals surface area contributed by atoms with Crippen LogP contribution in [0.25, 0.3) is 10.9 Å². The third-order valence-electron chi connectivity index (χ3n) is 2.22. The van der Waals surface area contributed by atoms with Gasteiger partial charge in [0, 0.05) is 29.7 Å². The fraction of sp³-hybridized carbons (Fsp3) is 0.200. The third kappa shape index (κ3) is 1.21. The molecule has 0 unspecified atom stereocenters. The molecule has 1 aromatic heterocycles. The predicted molar refractivity (Wildman–Crippen MR) is 48.8 cm³/mol. The third-order valence-corrected chi connectivity index (χ3v) is 2.22. The minimum atomic E-state index is -0.346. The zero-order valence-corrected chi connectivity index (χ0v) is 7.29. The standard InChI is InChI=1S/C10H10FNO/c1-12-3-2-7-4-9(11)8(6-13)5-10(7)12/h2-5,13H,6H2,1H3. The average Bonchev–Trinajstić information content (AvgIpc) is 2.46. The Bertz CT molecular complexity index is 447. The summed E-state index contributed by atoms with van der Waals surface area (Å²) in [6.07, 6.45) is 1.87. The molecule has 0 saturated carbocycles. The van der Waals surface area contributed by atoms with Gasteiger partial charge in [0.2, 0.25) is 0 Å². The minimum absolute atomic E-state index is 0.257. The molecule has 1 aromatic carbocycles. The molecule has 0 atom stereocenters. The Hall–Kier alpha value is -1.35. The molecule has 2 nitrogen and oxygen atoms in total. The molecule has 13 heavy (non-hydrogen) atoms. The van der Waals surface area contributed by atoms with E-state index in [1.54, 1.807) is 6.07 Å². The number of rotatable bonds is 1. The van der Waals surface area contributed by atoms with Crippen LogP contribution >= 0.6 is 0 Å². The first-order valence-electron chi connectivity index (χ1n) is 4.06. The number of aliphatic hydroxyl groups excluding tert-OH is 1. The Balaban J connectivity index is 2.77. The van der Waals surface area contributed by atoms with Crippen LogP contribution in [0, 0.1) is 5.82 Å². The van der Waals surface area contributed by atoms with E-state index in [4.69, 9.17) is 5.11 Å². The summed E-state index contributed by atoms with van der Waals surface area (Å²) in [6, 6.07) is 4.96. The fourth-order valence-electron chi connectivity index (χ4n) is 1.45. The summed E-state index contributed by atoms with van der Waals surface area (Å²) in [5.74, 6) is -0.346. The number of fused-ring (bicyclic) bond motifs is 1. The molecule has 0 bridgehead atoms. The smallest absolute Gasteiger partial charge is 0.129 e. The maximum absolute atomic E-state index is 13.2. The van der Waals surface area contributed by atoms with E-state index in [0.29, 0.717) is 5.56 Å². The normalized spacial score (nSPS) is 11.0. The van der Waals surface area contributed by atoms with Crippen molar-refractivity contribution in [3.63, 3.8) is 0 Å². The minimum Gasteiger partial charge on any atom is -0.392 e. The molecule has 2 rings (SSSR count). The van der Waals surface area contributed by atoms with Crippen molar-refractivity contribution in [1.29, 1.82) is 0 Å². The summed E-state index contributed by atoms with van der Waals surface area (Å²) in [5, 5.41) is 9.72. The SMILES string of the molecule is Cn1ccc2cc(F)c(CO)cc21. The van der Waals surface area contributed by atoms with Gasteiger partial charge in [-0.3, -0.25) is 0 Å². The van der Waals surface area contributed by atoms with Crippen LogP contribution in [0.3, 0.4) is 0 Å².